The Hall–Kier alpha value is -3.08. The number of amides is 1. The van der Waals surface area contributed by atoms with Crippen LogP contribution in [0.3, 0.4) is 0 Å². The molecule has 0 aromatic heterocycles. The molecule has 150 valence electrons. The maximum absolute atomic E-state index is 13.2. The summed E-state index contributed by atoms with van der Waals surface area (Å²) in [5.41, 5.74) is 3.56. The van der Waals surface area contributed by atoms with Crippen molar-refractivity contribution >= 4 is 11.7 Å². The summed E-state index contributed by atoms with van der Waals surface area (Å²) in [5, 5.41) is 2.97. The first kappa shape index (κ1) is 19.2. The molecular weight excluding hydrogens is 366 g/mol. The third-order valence-electron chi connectivity index (χ3n) is 5.69. The number of carbonyl (C=O) groups is 2. The molecule has 0 fully saturated rings. The van der Waals surface area contributed by atoms with Crippen LogP contribution in [0.4, 0.5) is 0 Å². The van der Waals surface area contributed by atoms with E-state index in [-0.39, 0.29) is 29.9 Å². The summed E-state index contributed by atoms with van der Waals surface area (Å²) in [4.78, 5) is 25.6. The molecule has 0 bridgehead atoms. The predicted octanol–water partition coefficient (Wildman–Crippen LogP) is 4.10. The molecule has 2 aromatic rings. The molecule has 5 nitrogen and oxygen atoms in total. The Labute approximate surface area is 170 Å². The van der Waals surface area contributed by atoms with Gasteiger partial charge in [0.2, 0.25) is 5.91 Å². The number of ether oxygens (including phenoxy) is 2. The number of rotatable bonds is 5. The van der Waals surface area contributed by atoms with Crippen molar-refractivity contribution in [3.05, 3.63) is 70.9 Å². The van der Waals surface area contributed by atoms with Gasteiger partial charge in [-0.3, -0.25) is 9.59 Å². The average Bonchev–Trinajstić information content (AvgIpc) is 2.73. The highest BCUT2D eigenvalue weighted by Gasteiger charge is 2.38. The summed E-state index contributed by atoms with van der Waals surface area (Å²) in [6.45, 7) is 2.51. The number of benzene rings is 2. The molecular formula is C24H25NO4. The smallest absolute Gasteiger partial charge is 0.225 e. The molecule has 4 rings (SSSR count). The van der Waals surface area contributed by atoms with E-state index in [1.54, 1.807) is 7.11 Å². The van der Waals surface area contributed by atoms with Crippen LogP contribution in [0.15, 0.2) is 59.8 Å². The van der Waals surface area contributed by atoms with Crippen molar-refractivity contribution in [2.24, 2.45) is 0 Å². The molecule has 29 heavy (non-hydrogen) atoms. The SMILES string of the molecule is CCOc1cccc([C@@H]2CC(=O)NC3=C2C(=O)C[C@@H](c2ccc(OC)cc2)C3)c1. The lowest BCUT2D eigenvalue weighted by atomic mass is 9.73. The van der Waals surface area contributed by atoms with E-state index in [0.29, 0.717) is 19.4 Å². The lowest BCUT2D eigenvalue weighted by Crippen LogP contribution is -2.38. The number of ketones is 1. The van der Waals surface area contributed by atoms with Gasteiger partial charge in [0.1, 0.15) is 11.5 Å². The third-order valence-corrected chi connectivity index (χ3v) is 5.69. The van der Waals surface area contributed by atoms with Gasteiger partial charge in [0.15, 0.2) is 5.78 Å². The fraction of sp³-hybridized carbons (Fsp3) is 0.333. The van der Waals surface area contributed by atoms with Gasteiger partial charge < -0.3 is 14.8 Å². The van der Waals surface area contributed by atoms with Crippen molar-refractivity contribution in [2.75, 3.05) is 13.7 Å². The number of hydrogen-bond donors (Lipinski definition) is 1. The predicted molar refractivity (Wildman–Crippen MR) is 110 cm³/mol. The number of carbonyl (C=O) groups excluding carboxylic acids is 2. The number of Topliss-reactive ketones (excluding diaryl/α,β-unsaturated/α-hetero) is 1. The Balaban J connectivity index is 1.66. The largest absolute Gasteiger partial charge is 0.497 e. The van der Waals surface area contributed by atoms with Gasteiger partial charge >= 0.3 is 0 Å². The monoisotopic (exact) mass is 391 g/mol. The van der Waals surface area contributed by atoms with E-state index < -0.39 is 0 Å². The van der Waals surface area contributed by atoms with Crippen LogP contribution >= 0.6 is 0 Å². The normalized spacial score (nSPS) is 21.4. The molecule has 0 radical (unpaired) electrons. The second-order valence-electron chi connectivity index (χ2n) is 7.50. The van der Waals surface area contributed by atoms with E-state index in [1.807, 2.05) is 55.5 Å². The zero-order valence-electron chi connectivity index (χ0n) is 16.7. The molecule has 0 saturated heterocycles. The Kier molecular flexibility index (Phi) is 5.38. The topological polar surface area (TPSA) is 64.6 Å². The molecule has 2 aromatic carbocycles. The lowest BCUT2D eigenvalue weighted by Gasteiger charge is -2.34. The average molecular weight is 391 g/mol. The van der Waals surface area contributed by atoms with Crippen LogP contribution in [0, 0.1) is 0 Å². The van der Waals surface area contributed by atoms with Crippen LogP contribution in [0.25, 0.3) is 0 Å². The first-order chi connectivity index (χ1) is 14.1. The molecule has 1 heterocycles. The number of allylic oxidation sites excluding steroid dienone is 2. The minimum atomic E-state index is -0.219. The minimum Gasteiger partial charge on any atom is -0.497 e. The fourth-order valence-corrected chi connectivity index (χ4v) is 4.34. The maximum atomic E-state index is 13.2. The Morgan fingerprint density at radius 2 is 1.76 bits per heavy atom. The van der Waals surface area contributed by atoms with Crippen molar-refractivity contribution in [1.29, 1.82) is 0 Å². The minimum absolute atomic E-state index is 0.0428. The lowest BCUT2D eigenvalue weighted by molar-refractivity contribution is -0.122. The molecule has 1 N–H and O–H groups in total. The van der Waals surface area contributed by atoms with Gasteiger partial charge in [-0.2, -0.15) is 0 Å². The molecule has 1 amide bonds. The summed E-state index contributed by atoms with van der Waals surface area (Å²) in [6.07, 6.45) is 1.39. The zero-order valence-corrected chi connectivity index (χ0v) is 16.7. The van der Waals surface area contributed by atoms with E-state index in [9.17, 15) is 9.59 Å². The molecule has 2 atom stereocenters. The van der Waals surface area contributed by atoms with Crippen molar-refractivity contribution in [3.8, 4) is 11.5 Å². The van der Waals surface area contributed by atoms with E-state index in [0.717, 1.165) is 33.9 Å². The first-order valence-electron chi connectivity index (χ1n) is 10.0. The van der Waals surface area contributed by atoms with E-state index in [4.69, 9.17) is 9.47 Å². The van der Waals surface area contributed by atoms with Gasteiger partial charge in [-0.1, -0.05) is 24.3 Å². The summed E-state index contributed by atoms with van der Waals surface area (Å²) < 4.78 is 10.8. The van der Waals surface area contributed by atoms with Gasteiger partial charge in [-0.15, -0.1) is 0 Å². The number of methoxy groups -OCH3 is 1. The molecule has 0 saturated carbocycles. The summed E-state index contributed by atoms with van der Waals surface area (Å²) in [6, 6.07) is 15.5. The standard InChI is InChI=1S/C24H25NO4/c1-3-29-19-6-4-5-16(11-19)20-14-23(27)25-21-12-17(13-22(26)24(20)21)15-7-9-18(28-2)10-8-15/h4-11,17,20H,3,12-14H2,1-2H3,(H,25,27)/t17-,20-/m0/s1. The number of hydrogen-bond acceptors (Lipinski definition) is 4. The number of nitrogens with one attached hydrogen (secondary N) is 1. The molecule has 1 aliphatic carbocycles. The van der Waals surface area contributed by atoms with Gasteiger partial charge in [0, 0.05) is 30.0 Å². The van der Waals surface area contributed by atoms with Gasteiger partial charge in [-0.25, -0.2) is 0 Å². The van der Waals surface area contributed by atoms with E-state index in [1.165, 1.54) is 0 Å². The van der Waals surface area contributed by atoms with Crippen molar-refractivity contribution in [2.45, 2.75) is 38.0 Å². The van der Waals surface area contributed by atoms with Crippen molar-refractivity contribution in [3.63, 3.8) is 0 Å². The Bertz CT molecular complexity index is 961. The molecule has 0 unspecified atom stereocenters. The maximum Gasteiger partial charge on any atom is 0.225 e. The summed E-state index contributed by atoms with van der Waals surface area (Å²) in [7, 11) is 1.63. The molecule has 2 aliphatic rings. The van der Waals surface area contributed by atoms with E-state index >= 15 is 0 Å². The van der Waals surface area contributed by atoms with Crippen molar-refractivity contribution in [1.82, 2.24) is 5.32 Å². The van der Waals surface area contributed by atoms with Crippen LogP contribution in [0.5, 0.6) is 11.5 Å². The van der Waals surface area contributed by atoms with Gasteiger partial charge in [-0.05, 0) is 54.7 Å². The highest BCUT2D eigenvalue weighted by atomic mass is 16.5. The van der Waals surface area contributed by atoms with Crippen molar-refractivity contribution < 1.29 is 19.1 Å². The van der Waals surface area contributed by atoms with Gasteiger partial charge in [0.25, 0.3) is 0 Å². The molecule has 1 aliphatic heterocycles. The molecule has 0 spiro atoms. The summed E-state index contributed by atoms with van der Waals surface area (Å²) in [5.74, 6) is 1.45. The molecule has 5 heteroatoms. The van der Waals surface area contributed by atoms with Crippen LogP contribution in [-0.2, 0) is 9.59 Å². The quantitative estimate of drug-likeness (QED) is 0.834. The fourth-order valence-electron chi connectivity index (χ4n) is 4.34. The van der Waals surface area contributed by atoms with Crippen LogP contribution in [-0.4, -0.2) is 25.4 Å². The van der Waals surface area contributed by atoms with Crippen LogP contribution in [0.2, 0.25) is 0 Å². The highest BCUT2D eigenvalue weighted by molar-refractivity contribution is 6.02. The first-order valence-corrected chi connectivity index (χ1v) is 10.0. The van der Waals surface area contributed by atoms with Gasteiger partial charge in [0.05, 0.1) is 13.7 Å². The zero-order chi connectivity index (χ0) is 20.4. The summed E-state index contributed by atoms with van der Waals surface area (Å²) >= 11 is 0. The Morgan fingerprint density at radius 3 is 2.48 bits per heavy atom. The van der Waals surface area contributed by atoms with Crippen LogP contribution in [0.1, 0.15) is 49.1 Å². The second kappa shape index (κ2) is 8.11. The highest BCUT2D eigenvalue weighted by Crippen LogP contribution is 2.43. The van der Waals surface area contributed by atoms with Crippen LogP contribution < -0.4 is 14.8 Å². The van der Waals surface area contributed by atoms with E-state index in [2.05, 4.69) is 5.32 Å². The Morgan fingerprint density at radius 1 is 0.966 bits per heavy atom. The second-order valence-corrected chi connectivity index (χ2v) is 7.50. The third kappa shape index (κ3) is 3.90.